The van der Waals surface area contributed by atoms with Gasteiger partial charge in [0.15, 0.2) is 0 Å². The highest BCUT2D eigenvalue weighted by Crippen LogP contribution is 2.58. The van der Waals surface area contributed by atoms with Crippen molar-refractivity contribution in [3.8, 4) is 0 Å². The zero-order valence-corrected chi connectivity index (χ0v) is 13.5. The van der Waals surface area contributed by atoms with Gasteiger partial charge in [-0.1, -0.05) is 19.9 Å². The Morgan fingerprint density at radius 3 is 2.73 bits per heavy atom. The number of esters is 2. The third kappa shape index (κ3) is 1.81. The minimum absolute atomic E-state index is 0.00538. The van der Waals surface area contributed by atoms with E-state index in [4.69, 9.17) is 9.47 Å². The van der Waals surface area contributed by atoms with Crippen LogP contribution >= 0.6 is 0 Å². The fourth-order valence-electron chi connectivity index (χ4n) is 4.65. The van der Waals surface area contributed by atoms with Gasteiger partial charge in [-0.3, -0.25) is 9.59 Å². The minimum atomic E-state index is -1.14. The highest BCUT2D eigenvalue weighted by molar-refractivity contribution is 5.75. The molecule has 2 fully saturated rings. The van der Waals surface area contributed by atoms with Crippen LogP contribution in [0.1, 0.15) is 40.5 Å². The third-order valence-electron chi connectivity index (χ3n) is 6.19. The zero-order chi connectivity index (χ0) is 16.3. The van der Waals surface area contributed by atoms with Gasteiger partial charge in [-0.25, -0.2) is 0 Å². The first kappa shape index (κ1) is 15.5. The Kier molecular flexibility index (Phi) is 3.40. The number of hydrogen-bond acceptors (Lipinski definition) is 5. The topological polar surface area (TPSA) is 72.8 Å². The lowest BCUT2D eigenvalue weighted by Crippen LogP contribution is -2.58. The second kappa shape index (κ2) is 4.82. The average molecular weight is 308 g/mol. The van der Waals surface area contributed by atoms with E-state index in [0.29, 0.717) is 0 Å². The molecule has 1 saturated carbocycles. The Labute approximate surface area is 130 Å². The van der Waals surface area contributed by atoms with Crippen LogP contribution in [-0.2, 0) is 19.1 Å². The number of carbonyl (C=O) groups is 2. The van der Waals surface area contributed by atoms with Gasteiger partial charge in [0.1, 0.15) is 12.2 Å². The number of ether oxygens (including phenoxy) is 2. The van der Waals surface area contributed by atoms with Gasteiger partial charge in [-0.2, -0.15) is 0 Å². The van der Waals surface area contributed by atoms with E-state index in [2.05, 4.69) is 0 Å². The molecule has 0 aromatic carbocycles. The van der Waals surface area contributed by atoms with Crippen LogP contribution in [0.15, 0.2) is 12.2 Å². The Morgan fingerprint density at radius 2 is 2.09 bits per heavy atom. The largest absolute Gasteiger partial charge is 0.461 e. The van der Waals surface area contributed by atoms with Gasteiger partial charge in [0.25, 0.3) is 0 Å². The summed E-state index contributed by atoms with van der Waals surface area (Å²) < 4.78 is 11.1. The summed E-state index contributed by atoms with van der Waals surface area (Å²) in [6.45, 7) is 7.13. The average Bonchev–Trinajstić information content (AvgIpc) is 2.84. The summed E-state index contributed by atoms with van der Waals surface area (Å²) in [6, 6.07) is 0. The minimum Gasteiger partial charge on any atom is -0.461 e. The fraction of sp³-hybridized carbons (Fsp3) is 0.765. The van der Waals surface area contributed by atoms with E-state index in [9.17, 15) is 14.7 Å². The first-order chi connectivity index (χ1) is 10.2. The van der Waals surface area contributed by atoms with Gasteiger partial charge in [0, 0.05) is 12.8 Å². The molecule has 0 spiro atoms. The molecule has 3 rings (SSSR count). The van der Waals surface area contributed by atoms with E-state index >= 15 is 0 Å². The van der Waals surface area contributed by atoms with Crippen LogP contribution in [0.5, 0.6) is 0 Å². The maximum Gasteiger partial charge on any atom is 0.309 e. The summed E-state index contributed by atoms with van der Waals surface area (Å²) in [5.74, 6) is -0.750. The highest BCUT2D eigenvalue weighted by Gasteiger charge is 2.67. The molecule has 3 aliphatic rings. The summed E-state index contributed by atoms with van der Waals surface area (Å²) in [7, 11) is 0. The van der Waals surface area contributed by atoms with E-state index in [1.165, 1.54) is 6.92 Å². The lowest BCUT2D eigenvalue weighted by Gasteiger charge is -2.47. The smallest absolute Gasteiger partial charge is 0.309 e. The monoisotopic (exact) mass is 308 g/mol. The van der Waals surface area contributed by atoms with Gasteiger partial charge in [0.05, 0.1) is 16.9 Å². The van der Waals surface area contributed by atoms with Crippen LogP contribution in [-0.4, -0.2) is 34.9 Å². The first-order valence-electron chi connectivity index (χ1n) is 8.01. The number of hydrogen-bond donors (Lipinski definition) is 1. The van der Waals surface area contributed by atoms with E-state index in [1.807, 2.05) is 20.8 Å². The SMILES string of the molecule is CC(=O)O[C@H]1C=C[C@@]2(O)[C@@H](C)CC[C@H]3[C@@H](OC(=O)[C@@H]3C)[C@]12C. The van der Waals surface area contributed by atoms with Crippen molar-refractivity contribution in [1.82, 2.24) is 0 Å². The van der Waals surface area contributed by atoms with Crippen LogP contribution in [0.4, 0.5) is 0 Å². The van der Waals surface area contributed by atoms with Crippen molar-refractivity contribution in [2.75, 3.05) is 0 Å². The van der Waals surface area contributed by atoms with Gasteiger partial charge < -0.3 is 14.6 Å². The number of aliphatic hydroxyl groups is 1. The molecule has 7 atom stereocenters. The van der Waals surface area contributed by atoms with Crippen molar-refractivity contribution in [1.29, 1.82) is 0 Å². The number of carbonyl (C=O) groups excluding carboxylic acids is 2. The van der Waals surface area contributed by atoms with Crippen LogP contribution in [0.3, 0.4) is 0 Å². The lowest BCUT2D eigenvalue weighted by atomic mass is 9.64. The van der Waals surface area contributed by atoms with Gasteiger partial charge in [-0.05, 0) is 31.8 Å². The molecular weight excluding hydrogens is 284 g/mol. The van der Waals surface area contributed by atoms with Crippen molar-refractivity contribution >= 4 is 11.9 Å². The Balaban J connectivity index is 2.08. The molecule has 0 amide bonds. The van der Waals surface area contributed by atoms with E-state index < -0.39 is 29.2 Å². The van der Waals surface area contributed by atoms with Crippen molar-refractivity contribution in [3.63, 3.8) is 0 Å². The standard InChI is InChI=1S/C17H24O5/c1-9-5-6-12-10(2)15(19)22-14(12)16(4)13(21-11(3)18)7-8-17(9,16)20/h7-10,12-14,20H,5-6H2,1-4H3/t9-,10+,12+,13-,14+,16-,17+/m0/s1. The second-order valence-electron chi connectivity index (χ2n) is 7.29. The fourth-order valence-corrected chi connectivity index (χ4v) is 4.65. The predicted molar refractivity (Wildman–Crippen MR) is 78.7 cm³/mol. The second-order valence-corrected chi connectivity index (χ2v) is 7.29. The predicted octanol–water partition coefficient (Wildman–Crippen LogP) is 1.83. The molecule has 1 N–H and O–H groups in total. The van der Waals surface area contributed by atoms with Crippen molar-refractivity contribution in [3.05, 3.63) is 12.2 Å². The van der Waals surface area contributed by atoms with E-state index in [-0.39, 0.29) is 23.7 Å². The van der Waals surface area contributed by atoms with Crippen LogP contribution in [0.25, 0.3) is 0 Å². The molecule has 22 heavy (non-hydrogen) atoms. The van der Waals surface area contributed by atoms with E-state index in [1.54, 1.807) is 12.2 Å². The van der Waals surface area contributed by atoms with Crippen molar-refractivity contribution in [2.24, 2.45) is 23.2 Å². The molecule has 2 aliphatic carbocycles. The Morgan fingerprint density at radius 1 is 1.41 bits per heavy atom. The maximum atomic E-state index is 12.1. The Hall–Kier alpha value is -1.36. The van der Waals surface area contributed by atoms with Crippen molar-refractivity contribution < 1.29 is 24.2 Å². The summed E-state index contributed by atoms with van der Waals surface area (Å²) in [6.07, 6.45) is 4.11. The molecule has 0 radical (unpaired) electrons. The first-order valence-corrected chi connectivity index (χ1v) is 8.01. The summed E-state index contributed by atoms with van der Waals surface area (Å²) in [5.41, 5.74) is -1.99. The number of rotatable bonds is 1. The van der Waals surface area contributed by atoms with Gasteiger partial charge >= 0.3 is 11.9 Å². The summed E-state index contributed by atoms with van der Waals surface area (Å²) in [5, 5.41) is 11.4. The number of fused-ring (bicyclic) bond motifs is 3. The third-order valence-corrected chi connectivity index (χ3v) is 6.19. The summed E-state index contributed by atoms with van der Waals surface area (Å²) >= 11 is 0. The molecule has 5 heteroatoms. The molecule has 122 valence electrons. The quantitative estimate of drug-likeness (QED) is 0.591. The lowest BCUT2D eigenvalue weighted by molar-refractivity contribution is -0.187. The molecular formula is C17H24O5. The van der Waals surface area contributed by atoms with Crippen LogP contribution in [0.2, 0.25) is 0 Å². The molecule has 1 aliphatic heterocycles. The van der Waals surface area contributed by atoms with Crippen LogP contribution in [0, 0.1) is 23.2 Å². The highest BCUT2D eigenvalue weighted by atomic mass is 16.6. The zero-order valence-electron chi connectivity index (χ0n) is 13.5. The molecule has 5 nitrogen and oxygen atoms in total. The van der Waals surface area contributed by atoms with Crippen LogP contribution < -0.4 is 0 Å². The Bertz CT molecular complexity index is 541. The molecule has 0 bridgehead atoms. The molecule has 0 aromatic rings. The molecule has 1 saturated heterocycles. The molecule has 0 aromatic heterocycles. The van der Waals surface area contributed by atoms with E-state index in [0.717, 1.165) is 12.8 Å². The normalized spacial score (nSPS) is 50.0. The maximum absolute atomic E-state index is 12.1. The summed E-state index contributed by atoms with van der Waals surface area (Å²) in [4.78, 5) is 23.5. The van der Waals surface area contributed by atoms with Gasteiger partial charge in [-0.15, -0.1) is 0 Å². The van der Waals surface area contributed by atoms with Gasteiger partial charge in [0.2, 0.25) is 0 Å². The molecule has 0 unspecified atom stereocenters. The van der Waals surface area contributed by atoms with Crippen molar-refractivity contribution in [2.45, 2.75) is 58.3 Å². The molecule has 1 heterocycles.